The van der Waals surface area contributed by atoms with E-state index >= 15 is 0 Å². The third kappa shape index (κ3) is 35.6. The topological polar surface area (TPSA) is 133 Å². The molecule has 14 heteroatoms. The Morgan fingerprint density at radius 3 is 1.21 bits per heavy atom. The first-order chi connectivity index (χ1) is 39.8. The molecule has 10 saturated heterocycles. The van der Waals surface area contributed by atoms with Crippen LogP contribution in [0.25, 0.3) is 10.9 Å². The second kappa shape index (κ2) is 59.4. The van der Waals surface area contributed by atoms with Crippen LogP contribution in [0.1, 0.15) is 237 Å². The van der Waals surface area contributed by atoms with Crippen LogP contribution in [-0.4, -0.2) is 96.8 Å². The van der Waals surface area contributed by atoms with Crippen LogP contribution in [0.4, 0.5) is 0 Å². The number of fused-ring (bicyclic) bond motifs is 15. The first kappa shape index (κ1) is 96.5. The highest BCUT2D eigenvalue weighted by molar-refractivity contribution is 8.01. The van der Waals surface area contributed by atoms with Crippen LogP contribution in [0.2, 0.25) is 0 Å². The summed E-state index contributed by atoms with van der Waals surface area (Å²) in [5, 5.41) is 7.60. The molecule has 12 fully saturated rings. The summed E-state index contributed by atoms with van der Waals surface area (Å²) >= 11 is 6.16. The van der Waals surface area contributed by atoms with E-state index in [0.29, 0.717) is 24.4 Å². The zero-order valence-electron chi connectivity index (χ0n) is 47.5. The summed E-state index contributed by atoms with van der Waals surface area (Å²) in [5.41, 5.74) is 3.00. The lowest BCUT2D eigenvalue weighted by molar-refractivity contribution is 0.0814. The summed E-state index contributed by atoms with van der Waals surface area (Å²) < 4.78 is 30.4. The number of aromatic nitrogens is 5. The molecule has 0 radical (unpaired) electrons. The Balaban J connectivity index is -0.000000298. The van der Waals surface area contributed by atoms with E-state index in [2.05, 4.69) is 75.5 Å². The van der Waals surface area contributed by atoms with Crippen LogP contribution in [0.3, 0.4) is 0 Å². The standard InChI is InChI=1S/C9H14O.C9H14S.C8H7N.C6H10O.C6H10S.C5H5N.C5H10O.C4H5N.C4H8O.C4H4O.C3H3NO.C3H3NS.12CH4/c2*1-2-6-7(3-1)9-5-4-8(6)10-9;1-2-4-8-7(3-1)5-6-9-8;2*1-2-6-4-3-5(1)7-6;2*1-2-4-6-5-3-1;3*1-2-4-5-3-1;2*1-2-5-3-4-1;;;;;;;;;;;;/h2*6-9H,1-5H2;1-6,9H;2*5-6H,1-4H2;1-5H;1-5H2;1-5H;1-4H2;1-4H;2*1-3H;12*1H4. The van der Waals surface area contributed by atoms with Crippen molar-refractivity contribution >= 4 is 45.8 Å². The van der Waals surface area contributed by atoms with E-state index in [-0.39, 0.29) is 89.1 Å². The van der Waals surface area contributed by atoms with Gasteiger partial charge in [0.25, 0.3) is 0 Å². The fourth-order valence-corrected chi connectivity index (χ4v) is 17.1. The summed E-state index contributed by atoms with van der Waals surface area (Å²) in [4.78, 5) is 17.1. The highest BCUT2D eigenvalue weighted by Gasteiger charge is 2.51. The third-order valence-electron chi connectivity index (χ3n) is 16.9. The molecule has 10 aliphatic heterocycles. The van der Waals surface area contributed by atoms with Crippen molar-refractivity contribution in [2.24, 2.45) is 23.7 Å². The van der Waals surface area contributed by atoms with Crippen LogP contribution in [0.5, 0.6) is 0 Å². The zero-order valence-corrected chi connectivity index (χ0v) is 49.9. The Morgan fingerprint density at radius 1 is 0.380 bits per heavy atom. The number of pyridine rings is 1. The molecule has 0 amide bonds. The maximum absolute atomic E-state index is 5.84. The first-order valence-corrected chi connectivity index (χ1v) is 33.4. The summed E-state index contributed by atoms with van der Waals surface area (Å²) in [7, 11) is 0. The van der Waals surface area contributed by atoms with Crippen LogP contribution < -0.4 is 0 Å². The SMILES string of the molecule is C.C.C.C.C.C.C.C.C.C.C.C.C1CC2C3CCC(O3)C2C1.C1CC2C3CCC(S3)C2C1.C1CC2CCC1O2.C1CC2CCC1S2.C1CCOC1.C1CCOCC1.c1cc[nH]c1.c1ccc2[nH]ccc2c1.c1ccncc1.c1ccoc1.c1cocn1.c1cscn1. The van der Waals surface area contributed by atoms with Crippen LogP contribution in [0.15, 0.2) is 161 Å². The Morgan fingerprint density at radius 2 is 0.902 bits per heavy atom. The van der Waals surface area contributed by atoms with Gasteiger partial charge in [0.2, 0.25) is 0 Å². The molecule has 2 N–H and O–H groups in total. The van der Waals surface area contributed by atoms with Gasteiger partial charge >= 0.3 is 0 Å². The molecule has 6 aromatic heterocycles. The molecule has 92 heavy (non-hydrogen) atoms. The molecule has 2 aliphatic carbocycles. The molecule has 19 rings (SSSR count). The fraction of sp³-hybridized carbons (Fsp3) is 0.654. The van der Waals surface area contributed by atoms with Gasteiger partial charge in [0, 0.05) is 95.5 Å². The Hall–Kier alpha value is -4.15. The van der Waals surface area contributed by atoms with Crippen LogP contribution in [0, 0.1) is 23.7 Å². The highest BCUT2D eigenvalue weighted by atomic mass is 32.2. The summed E-state index contributed by atoms with van der Waals surface area (Å²) in [5.74, 6) is 4.31. The predicted octanol–water partition coefficient (Wildman–Crippen LogP) is 25.0. The van der Waals surface area contributed by atoms with Gasteiger partial charge in [0.15, 0.2) is 6.39 Å². The predicted molar refractivity (Wildman–Crippen MR) is 411 cm³/mol. The molecule has 7 aromatic rings. The van der Waals surface area contributed by atoms with E-state index in [1.165, 1.54) is 151 Å². The lowest BCUT2D eigenvalue weighted by Gasteiger charge is -2.21. The molecule has 8 atom stereocenters. The number of nitrogens with one attached hydrogen (secondary N) is 2. The van der Waals surface area contributed by atoms with Crippen molar-refractivity contribution in [2.45, 2.75) is 282 Å². The molecule has 11 nitrogen and oxygen atoms in total. The third-order valence-corrected chi connectivity index (χ3v) is 21.0. The smallest absolute Gasteiger partial charge is 0.180 e. The van der Waals surface area contributed by atoms with Crippen molar-refractivity contribution in [3.8, 4) is 0 Å². The van der Waals surface area contributed by atoms with Crippen molar-refractivity contribution in [1.82, 2.24) is 24.9 Å². The number of oxazole rings is 1. The van der Waals surface area contributed by atoms with Crippen molar-refractivity contribution in [3.05, 3.63) is 152 Å². The fourth-order valence-electron chi connectivity index (χ4n) is 13.0. The van der Waals surface area contributed by atoms with Gasteiger partial charge in [-0.15, -0.1) is 11.3 Å². The van der Waals surface area contributed by atoms with Gasteiger partial charge in [-0.05, 0) is 212 Å². The largest absolute Gasteiger partial charge is 0.473 e. The number of furan rings is 1. The molecule has 16 heterocycles. The number of ether oxygens (including phenoxy) is 4. The zero-order chi connectivity index (χ0) is 54.8. The molecule has 12 aliphatic rings. The van der Waals surface area contributed by atoms with Gasteiger partial charge in [0.1, 0.15) is 6.26 Å². The van der Waals surface area contributed by atoms with Gasteiger partial charge < -0.3 is 37.7 Å². The Bertz CT molecular complexity index is 2070. The number of nitrogens with zero attached hydrogens (tertiary/aromatic N) is 3. The van der Waals surface area contributed by atoms with Crippen molar-refractivity contribution in [2.75, 3.05) is 26.4 Å². The van der Waals surface area contributed by atoms with E-state index in [1.54, 1.807) is 86.3 Å². The highest BCUT2D eigenvalue weighted by Crippen LogP contribution is 2.59. The molecule has 8 bridgehead atoms. The van der Waals surface area contributed by atoms with E-state index in [4.69, 9.17) is 18.9 Å². The van der Waals surface area contributed by atoms with E-state index in [1.807, 2.05) is 78.6 Å². The number of benzene rings is 1. The number of hydrogen-bond donors (Lipinski definition) is 2. The van der Waals surface area contributed by atoms with Crippen LogP contribution in [-0.2, 0) is 18.9 Å². The quantitative estimate of drug-likeness (QED) is 0.150. The minimum Gasteiger partial charge on any atom is -0.473 e. The average molecular weight is 1340 g/mol. The Kier molecular flexibility index (Phi) is 62.3. The maximum Gasteiger partial charge on any atom is 0.180 e. The Labute approximate surface area is 579 Å². The summed E-state index contributed by atoms with van der Waals surface area (Å²) in [6, 6.07) is 23.6. The monoisotopic (exact) mass is 1340 g/mol. The lowest BCUT2D eigenvalue weighted by Crippen LogP contribution is -2.21. The van der Waals surface area contributed by atoms with Gasteiger partial charge in [0.05, 0.1) is 48.6 Å². The summed E-state index contributed by atoms with van der Waals surface area (Å²) in [6.07, 6.45) is 54.3. The van der Waals surface area contributed by atoms with E-state index < -0.39 is 0 Å². The van der Waals surface area contributed by atoms with Crippen molar-refractivity contribution in [1.29, 1.82) is 0 Å². The average Bonchev–Trinajstić information content (AvgIpc) is 1.63. The number of aromatic amines is 2. The van der Waals surface area contributed by atoms with Gasteiger partial charge in [-0.2, -0.15) is 23.5 Å². The van der Waals surface area contributed by atoms with Crippen molar-refractivity contribution in [3.63, 3.8) is 0 Å². The van der Waals surface area contributed by atoms with Gasteiger partial charge in [-0.3, -0.25) is 9.97 Å². The minimum absolute atomic E-state index is 0. The maximum atomic E-state index is 5.84. The number of thiazole rings is 1. The van der Waals surface area contributed by atoms with Gasteiger partial charge in [-0.1, -0.05) is 126 Å². The first-order valence-electron chi connectivity index (χ1n) is 30.6. The minimum atomic E-state index is 0. The normalized spacial score (nSPS) is 26.0. The number of para-hydroxylation sites is 1. The molecule has 0 spiro atoms. The second-order valence-electron chi connectivity index (χ2n) is 22.3. The molecular formula is C78H141N5O6S3. The molecule has 8 unspecified atom stereocenters. The molecule has 1 aromatic carbocycles. The molecule has 532 valence electrons. The second-order valence-corrected chi connectivity index (χ2v) is 26.1. The van der Waals surface area contributed by atoms with Crippen LogP contribution >= 0.6 is 34.9 Å². The number of thioether (sulfide) groups is 2. The number of rotatable bonds is 0. The van der Waals surface area contributed by atoms with E-state index in [9.17, 15) is 0 Å². The molecule has 2 saturated carbocycles. The van der Waals surface area contributed by atoms with Crippen molar-refractivity contribution < 1.29 is 27.8 Å². The van der Waals surface area contributed by atoms with E-state index in [0.717, 1.165) is 59.3 Å². The van der Waals surface area contributed by atoms with Gasteiger partial charge in [-0.25, -0.2) is 4.98 Å². The number of H-pyrrole nitrogens is 2. The summed E-state index contributed by atoms with van der Waals surface area (Å²) in [6.45, 7) is 4.00. The number of hydrogen-bond acceptors (Lipinski definition) is 12. The lowest BCUT2D eigenvalue weighted by atomic mass is 9.82. The molecular weight excluding hydrogens is 1200 g/mol.